The largest absolute Gasteiger partial charge is 0.478 e. The second-order valence-electron chi connectivity index (χ2n) is 2.71. The number of carboxylic acids is 1. The lowest BCUT2D eigenvalue weighted by Crippen LogP contribution is -1.84. The molecule has 0 amide bonds. The Kier molecular flexibility index (Phi) is 2.02. The Balaban J connectivity index is 2.40. The smallest absolute Gasteiger partial charge is 0.328 e. The number of hydrogen-bond donors (Lipinski definition) is 1. The Morgan fingerprint density at radius 3 is 3.14 bits per heavy atom. The minimum absolute atomic E-state index is 0.487. The van der Waals surface area contributed by atoms with E-state index in [-0.39, 0.29) is 0 Å². The molecule has 2 rings (SSSR count). The van der Waals surface area contributed by atoms with E-state index >= 15 is 0 Å². The normalized spacial score (nSPS) is 11.1. The monoisotopic (exact) mass is 189 g/mol. The van der Waals surface area contributed by atoms with Crippen LogP contribution in [-0.2, 0) is 4.79 Å². The topological polar surface area (TPSA) is 63.3 Å². The Labute approximate surface area is 79.5 Å². The number of carboxylic acid groups (broad SMARTS) is 1. The third kappa shape index (κ3) is 1.64. The van der Waals surface area contributed by atoms with Gasteiger partial charge in [0.15, 0.2) is 5.58 Å². The Hall–Kier alpha value is -2.10. The van der Waals surface area contributed by atoms with Crippen LogP contribution in [0.4, 0.5) is 0 Å². The van der Waals surface area contributed by atoms with Gasteiger partial charge in [0.05, 0.1) is 0 Å². The van der Waals surface area contributed by atoms with Crippen LogP contribution < -0.4 is 0 Å². The number of pyridine rings is 1. The lowest BCUT2D eigenvalue weighted by atomic mass is 10.3. The molecule has 4 heteroatoms. The van der Waals surface area contributed by atoms with Gasteiger partial charge in [-0.05, 0) is 18.2 Å². The van der Waals surface area contributed by atoms with E-state index in [1.165, 1.54) is 6.08 Å². The molecule has 0 saturated carbocycles. The highest BCUT2D eigenvalue weighted by Crippen LogP contribution is 2.17. The third-order valence-corrected chi connectivity index (χ3v) is 1.70. The first-order chi connectivity index (χ1) is 6.75. The average Bonchev–Trinajstić information content (AvgIpc) is 2.57. The van der Waals surface area contributed by atoms with Crippen molar-refractivity contribution in [1.29, 1.82) is 0 Å². The maximum atomic E-state index is 10.2. The molecule has 2 heterocycles. The van der Waals surface area contributed by atoms with E-state index in [9.17, 15) is 4.79 Å². The second kappa shape index (κ2) is 3.33. The van der Waals surface area contributed by atoms with E-state index < -0.39 is 5.97 Å². The third-order valence-electron chi connectivity index (χ3n) is 1.70. The van der Waals surface area contributed by atoms with Crippen LogP contribution in [0.1, 0.15) is 5.76 Å². The van der Waals surface area contributed by atoms with Gasteiger partial charge in [0.1, 0.15) is 11.3 Å². The summed E-state index contributed by atoms with van der Waals surface area (Å²) in [6.45, 7) is 0. The molecule has 0 aliphatic carbocycles. The summed E-state index contributed by atoms with van der Waals surface area (Å²) in [5.74, 6) is -0.514. The maximum Gasteiger partial charge on any atom is 0.328 e. The SMILES string of the molecule is O=C(O)C=Cc1cc2ncccc2o1. The minimum atomic E-state index is -1.00. The predicted molar refractivity (Wildman–Crippen MR) is 50.7 cm³/mol. The van der Waals surface area contributed by atoms with Crippen molar-refractivity contribution in [3.63, 3.8) is 0 Å². The van der Waals surface area contributed by atoms with E-state index in [2.05, 4.69) is 4.98 Å². The molecule has 4 nitrogen and oxygen atoms in total. The molecule has 14 heavy (non-hydrogen) atoms. The van der Waals surface area contributed by atoms with Gasteiger partial charge in [0.2, 0.25) is 0 Å². The van der Waals surface area contributed by atoms with E-state index in [1.54, 1.807) is 24.4 Å². The number of furan rings is 1. The van der Waals surface area contributed by atoms with Gasteiger partial charge in [-0.1, -0.05) is 0 Å². The molecule has 0 saturated heterocycles. The number of rotatable bonds is 2. The molecular weight excluding hydrogens is 182 g/mol. The fourth-order valence-electron chi connectivity index (χ4n) is 1.12. The van der Waals surface area contributed by atoms with Gasteiger partial charge in [0, 0.05) is 18.3 Å². The Morgan fingerprint density at radius 2 is 2.43 bits per heavy atom. The Bertz CT molecular complexity index is 466. The molecule has 0 unspecified atom stereocenters. The van der Waals surface area contributed by atoms with Gasteiger partial charge in [-0.25, -0.2) is 4.79 Å². The van der Waals surface area contributed by atoms with Gasteiger partial charge < -0.3 is 9.52 Å². The number of aromatic nitrogens is 1. The molecule has 0 radical (unpaired) electrons. The second-order valence-corrected chi connectivity index (χ2v) is 2.71. The van der Waals surface area contributed by atoms with Crippen molar-refractivity contribution in [2.75, 3.05) is 0 Å². The van der Waals surface area contributed by atoms with Gasteiger partial charge in [0.25, 0.3) is 0 Å². The van der Waals surface area contributed by atoms with Crippen molar-refractivity contribution < 1.29 is 14.3 Å². The predicted octanol–water partition coefficient (Wildman–Crippen LogP) is 1.93. The van der Waals surface area contributed by atoms with Crippen LogP contribution in [-0.4, -0.2) is 16.1 Å². The van der Waals surface area contributed by atoms with Gasteiger partial charge in [-0.3, -0.25) is 4.98 Å². The van der Waals surface area contributed by atoms with Crippen molar-refractivity contribution in [3.05, 3.63) is 36.2 Å². The summed E-state index contributed by atoms with van der Waals surface area (Å²) in [6.07, 6.45) is 4.07. The first-order valence-corrected chi connectivity index (χ1v) is 4.01. The summed E-state index contributed by atoms with van der Waals surface area (Å²) >= 11 is 0. The minimum Gasteiger partial charge on any atom is -0.478 e. The molecule has 0 fully saturated rings. The van der Waals surface area contributed by atoms with Crippen molar-refractivity contribution >= 4 is 23.1 Å². The number of aliphatic carboxylic acids is 1. The number of nitrogens with zero attached hydrogens (tertiary/aromatic N) is 1. The molecule has 1 N–H and O–H groups in total. The summed E-state index contributed by atoms with van der Waals surface area (Å²) in [5, 5.41) is 8.41. The van der Waals surface area contributed by atoms with Gasteiger partial charge >= 0.3 is 5.97 Å². The van der Waals surface area contributed by atoms with Crippen LogP contribution in [0.5, 0.6) is 0 Å². The van der Waals surface area contributed by atoms with Gasteiger partial charge in [-0.15, -0.1) is 0 Å². The number of carbonyl (C=O) groups is 1. The van der Waals surface area contributed by atoms with Crippen molar-refractivity contribution in [3.8, 4) is 0 Å². The molecule has 0 aliphatic heterocycles. The number of hydrogen-bond acceptors (Lipinski definition) is 3. The summed E-state index contributed by atoms with van der Waals surface area (Å²) in [5.41, 5.74) is 1.37. The van der Waals surface area contributed by atoms with E-state index in [0.29, 0.717) is 11.3 Å². The quantitative estimate of drug-likeness (QED) is 0.733. The zero-order chi connectivity index (χ0) is 9.97. The van der Waals surface area contributed by atoms with E-state index in [4.69, 9.17) is 9.52 Å². The molecule has 0 spiro atoms. The fraction of sp³-hybridized carbons (Fsp3) is 0. The first kappa shape index (κ1) is 8.50. The zero-order valence-corrected chi connectivity index (χ0v) is 7.18. The number of fused-ring (bicyclic) bond motifs is 1. The van der Waals surface area contributed by atoms with Crippen LogP contribution >= 0.6 is 0 Å². The van der Waals surface area contributed by atoms with Crippen LogP contribution in [0.2, 0.25) is 0 Å². The summed E-state index contributed by atoms with van der Waals surface area (Å²) in [4.78, 5) is 14.3. The molecule has 0 aromatic carbocycles. The zero-order valence-electron chi connectivity index (χ0n) is 7.18. The van der Waals surface area contributed by atoms with Gasteiger partial charge in [-0.2, -0.15) is 0 Å². The molecule has 0 atom stereocenters. The Morgan fingerprint density at radius 1 is 1.57 bits per heavy atom. The summed E-state index contributed by atoms with van der Waals surface area (Å²) in [6, 6.07) is 5.23. The lowest BCUT2D eigenvalue weighted by molar-refractivity contribution is -0.131. The molecule has 0 bridgehead atoms. The molecule has 2 aromatic heterocycles. The molecule has 0 aliphatic rings. The molecular formula is C10H7NO3. The maximum absolute atomic E-state index is 10.2. The van der Waals surface area contributed by atoms with Crippen molar-refractivity contribution in [2.24, 2.45) is 0 Å². The summed E-state index contributed by atoms with van der Waals surface area (Å²) < 4.78 is 5.31. The first-order valence-electron chi connectivity index (χ1n) is 4.01. The average molecular weight is 189 g/mol. The van der Waals surface area contributed by atoms with E-state index in [1.807, 2.05) is 0 Å². The van der Waals surface area contributed by atoms with Crippen LogP contribution in [0.25, 0.3) is 17.2 Å². The highest BCUT2D eigenvalue weighted by atomic mass is 16.4. The van der Waals surface area contributed by atoms with Crippen LogP contribution in [0.3, 0.4) is 0 Å². The molecule has 70 valence electrons. The highest BCUT2D eigenvalue weighted by molar-refractivity contribution is 5.86. The standard InChI is InChI=1S/C10H7NO3/c12-10(13)4-3-7-6-8-9(14-7)2-1-5-11-8/h1-6H,(H,12,13). The van der Waals surface area contributed by atoms with Crippen LogP contribution in [0.15, 0.2) is 34.9 Å². The van der Waals surface area contributed by atoms with Crippen LogP contribution in [0, 0.1) is 0 Å². The van der Waals surface area contributed by atoms with Crippen molar-refractivity contribution in [1.82, 2.24) is 4.98 Å². The fourth-order valence-corrected chi connectivity index (χ4v) is 1.12. The van der Waals surface area contributed by atoms with Crippen molar-refractivity contribution in [2.45, 2.75) is 0 Å². The molecule has 2 aromatic rings. The van der Waals surface area contributed by atoms with E-state index in [0.717, 1.165) is 11.6 Å². The summed E-state index contributed by atoms with van der Waals surface area (Å²) in [7, 11) is 0. The lowest BCUT2D eigenvalue weighted by Gasteiger charge is -1.82. The highest BCUT2D eigenvalue weighted by Gasteiger charge is 2.00.